The number of rotatable bonds is 8. The van der Waals surface area contributed by atoms with Crippen LogP contribution in [0, 0.1) is 6.92 Å². The standard InChI is InChI=1S/C19H24N2O4/c1-13(2)21(11-10-19(23)24)18(22)9-8-17-20-12-16(25-17)15-6-4-14(3)5-7-15/h4-7,12-13H,8-11H2,1-3H3,(H,23,24). The largest absolute Gasteiger partial charge is 0.481 e. The van der Waals surface area contributed by atoms with Crippen LogP contribution in [0.25, 0.3) is 11.3 Å². The van der Waals surface area contributed by atoms with Crippen LogP contribution in [0.3, 0.4) is 0 Å². The fraction of sp³-hybridized carbons (Fsp3) is 0.421. The molecule has 134 valence electrons. The molecule has 0 aliphatic rings. The second-order valence-electron chi connectivity index (χ2n) is 6.31. The molecule has 0 aliphatic heterocycles. The van der Waals surface area contributed by atoms with Gasteiger partial charge in [0.2, 0.25) is 5.91 Å². The van der Waals surface area contributed by atoms with Crippen molar-refractivity contribution in [3.8, 4) is 11.3 Å². The molecular formula is C19H24N2O4. The molecule has 0 unspecified atom stereocenters. The lowest BCUT2D eigenvalue weighted by atomic mass is 10.1. The van der Waals surface area contributed by atoms with Gasteiger partial charge < -0.3 is 14.4 Å². The minimum atomic E-state index is -0.908. The third-order valence-electron chi connectivity index (χ3n) is 3.95. The van der Waals surface area contributed by atoms with Gasteiger partial charge in [-0.05, 0) is 20.8 Å². The lowest BCUT2D eigenvalue weighted by Crippen LogP contribution is -2.38. The number of hydrogen-bond donors (Lipinski definition) is 1. The molecule has 0 radical (unpaired) electrons. The highest BCUT2D eigenvalue weighted by Gasteiger charge is 2.18. The average Bonchev–Trinajstić information content (AvgIpc) is 3.02. The minimum Gasteiger partial charge on any atom is -0.481 e. The van der Waals surface area contributed by atoms with Gasteiger partial charge in [-0.2, -0.15) is 0 Å². The summed E-state index contributed by atoms with van der Waals surface area (Å²) in [5.41, 5.74) is 2.12. The molecule has 1 N–H and O–H groups in total. The smallest absolute Gasteiger partial charge is 0.305 e. The molecule has 0 aliphatic carbocycles. The van der Waals surface area contributed by atoms with Crippen molar-refractivity contribution in [2.45, 2.75) is 46.1 Å². The highest BCUT2D eigenvalue weighted by Crippen LogP contribution is 2.21. The van der Waals surface area contributed by atoms with Gasteiger partial charge in [-0.1, -0.05) is 29.8 Å². The van der Waals surface area contributed by atoms with Gasteiger partial charge in [0.15, 0.2) is 11.7 Å². The molecule has 6 heteroatoms. The zero-order chi connectivity index (χ0) is 18.4. The first kappa shape index (κ1) is 18.7. The van der Waals surface area contributed by atoms with Crippen LogP contribution in [-0.2, 0) is 16.0 Å². The summed E-state index contributed by atoms with van der Waals surface area (Å²) in [7, 11) is 0. The Balaban J connectivity index is 1.95. The van der Waals surface area contributed by atoms with Crippen LogP contribution in [-0.4, -0.2) is 39.5 Å². The molecule has 2 aromatic rings. The third-order valence-corrected chi connectivity index (χ3v) is 3.95. The number of carboxylic acid groups (broad SMARTS) is 1. The molecule has 2 rings (SSSR count). The van der Waals surface area contributed by atoms with Crippen LogP contribution in [0.2, 0.25) is 0 Å². The third kappa shape index (κ3) is 5.45. The van der Waals surface area contributed by atoms with Crippen LogP contribution in [0.1, 0.15) is 38.1 Å². The fourth-order valence-corrected chi connectivity index (χ4v) is 2.52. The molecule has 1 heterocycles. The van der Waals surface area contributed by atoms with E-state index < -0.39 is 5.97 Å². The number of carbonyl (C=O) groups excluding carboxylic acids is 1. The van der Waals surface area contributed by atoms with Crippen LogP contribution in [0.15, 0.2) is 34.9 Å². The maximum Gasteiger partial charge on any atom is 0.305 e. The van der Waals surface area contributed by atoms with E-state index in [0.29, 0.717) is 18.1 Å². The van der Waals surface area contributed by atoms with Crippen molar-refractivity contribution >= 4 is 11.9 Å². The van der Waals surface area contributed by atoms with Crippen molar-refractivity contribution in [3.63, 3.8) is 0 Å². The summed E-state index contributed by atoms with van der Waals surface area (Å²) >= 11 is 0. The molecule has 0 spiro atoms. The highest BCUT2D eigenvalue weighted by atomic mass is 16.4. The number of benzene rings is 1. The molecule has 0 fully saturated rings. The van der Waals surface area contributed by atoms with Gasteiger partial charge in [0.05, 0.1) is 12.6 Å². The summed E-state index contributed by atoms with van der Waals surface area (Å²) in [5.74, 6) is 0.181. The molecule has 0 bridgehead atoms. The molecule has 6 nitrogen and oxygen atoms in total. The Bertz CT molecular complexity index is 719. The fourth-order valence-electron chi connectivity index (χ4n) is 2.52. The second-order valence-corrected chi connectivity index (χ2v) is 6.31. The van der Waals surface area contributed by atoms with E-state index in [1.54, 1.807) is 11.1 Å². The van der Waals surface area contributed by atoms with Crippen molar-refractivity contribution in [2.75, 3.05) is 6.54 Å². The van der Waals surface area contributed by atoms with Crippen molar-refractivity contribution in [1.29, 1.82) is 0 Å². The Hall–Kier alpha value is -2.63. The number of carbonyl (C=O) groups is 2. The van der Waals surface area contributed by atoms with E-state index in [1.165, 1.54) is 5.56 Å². The number of aliphatic carboxylic acids is 1. The number of hydrogen-bond acceptors (Lipinski definition) is 4. The molecule has 0 saturated heterocycles. The average molecular weight is 344 g/mol. The summed E-state index contributed by atoms with van der Waals surface area (Å²) in [6.45, 7) is 5.98. The Morgan fingerprint density at radius 2 is 1.88 bits per heavy atom. The molecule has 1 aromatic carbocycles. The van der Waals surface area contributed by atoms with Crippen LogP contribution < -0.4 is 0 Å². The van der Waals surface area contributed by atoms with E-state index in [-0.39, 0.29) is 31.3 Å². The van der Waals surface area contributed by atoms with E-state index in [4.69, 9.17) is 9.52 Å². The SMILES string of the molecule is Cc1ccc(-c2cnc(CCC(=O)N(CCC(=O)O)C(C)C)o2)cc1. The molecule has 1 amide bonds. The highest BCUT2D eigenvalue weighted by molar-refractivity contribution is 5.77. The van der Waals surface area contributed by atoms with Gasteiger partial charge in [-0.15, -0.1) is 0 Å². The van der Waals surface area contributed by atoms with E-state index in [0.717, 1.165) is 5.56 Å². The molecule has 25 heavy (non-hydrogen) atoms. The monoisotopic (exact) mass is 344 g/mol. The lowest BCUT2D eigenvalue weighted by Gasteiger charge is -2.26. The zero-order valence-electron chi connectivity index (χ0n) is 14.9. The molecule has 1 aromatic heterocycles. The van der Waals surface area contributed by atoms with Gasteiger partial charge in [-0.25, -0.2) is 4.98 Å². The second kappa shape index (κ2) is 8.46. The predicted molar refractivity (Wildman–Crippen MR) is 94.1 cm³/mol. The Morgan fingerprint density at radius 1 is 1.20 bits per heavy atom. The maximum atomic E-state index is 12.3. The number of amides is 1. The molecule has 0 atom stereocenters. The quantitative estimate of drug-likeness (QED) is 0.794. The number of aromatic nitrogens is 1. The number of aryl methyl sites for hydroxylation is 2. The van der Waals surface area contributed by atoms with Crippen LogP contribution in [0.4, 0.5) is 0 Å². The van der Waals surface area contributed by atoms with E-state index >= 15 is 0 Å². The van der Waals surface area contributed by atoms with E-state index in [1.807, 2.05) is 45.0 Å². The van der Waals surface area contributed by atoms with E-state index in [9.17, 15) is 9.59 Å². The van der Waals surface area contributed by atoms with Crippen LogP contribution >= 0.6 is 0 Å². The van der Waals surface area contributed by atoms with Crippen LogP contribution in [0.5, 0.6) is 0 Å². The normalized spacial score (nSPS) is 10.9. The van der Waals surface area contributed by atoms with Crippen molar-refractivity contribution in [1.82, 2.24) is 9.88 Å². The summed E-state index contributed by atoms with van der Waals surface area (Å²) in [6, 6.07) is 7.90. The van der Waals surface area contributed by atoms with Crippen molar-refractivity contribution < 1.29 is 19.1 Å². The molecular weight excluding hydrogens is 320 g/mol. The first-order chi connectivity index (χ1) is 11.9. The number of nitrogens with zero attached hydrogens (tertiary/aromatic N) is 2. The summed E-state index contributed by atoms with van der Waals surface area (Å²) in [6.07, 6.45) is 2.24. The minimum absolute atomic E-state index is 0.0421. The first-order valence-corrected chi connectivity index (χ1v) is 8.40. The first-order valence-electron chi connectivity index (χ1n) is 8.40. The Morgan fingerprint density at radius 3 is 2.48 bits per heavy atom. The topological polar surface area (TPSA) is 83.6 Å². The zero-order valence-corrected chi connectivity index (χ0v) is 14.9. The van der Waals surface area contributed by atoms with Gasteiger partial charge in [0.1, 0.15) is 0 Å². The van der Waals surface area contributed by atoms with Crippen molar-refractivity contribution in [3.05, 3.63) is 41.9 Å². The summed E-state index contributed by atoms with van der Waals surface area (Å²) in [4.78, 5) is 28.9. The lowest BCUT2D eigenvalue weighted by molar-refractivity contribution is -0.139. The Kier molecular flexibility index (Phi) is 6.33. The van der Waals surface area contributed by atoms with Gasteiger partial charge in [0, 0.05) is 31.0 Å². The predicted octanol–water partition coefficient (Wildman–Crippen LogP) is 3.29. The number of oxazole rings is 1. The maximum absolute atomic E-state index is 12.3. The van der Waals surface area contributed by atoms with Gasteiger partial charge in [-0.3, -0.25) is 9.59 Å². The van der Waals surface area contributed by atoms with Gasteiger partial charge >= 0.3 is 5.97 Å². The summed E-state index contributed by atoms with van der Waals surface area (Å²) in [5, 5.41) is 8.80. The summed E-state index contributed by atoms with van der Waals surface area (Å²) < 4.78 is 5.72. The number of carboxylic acids is 1. The van der Waals surface area contributed by atoms with Crippen molar-refractivity contribution in [2.24, 2.45) is 0 Å². The van der Waals surface area contributed by atoms with E-state index in [2.05, 4.69) is 4.98 Å². The Labute approximate surface area is 147 Å². The van der Waals surface area contributed by atoms with Gasteiger partial charge in [0.25, 0.3) is 0 Å². The molecule has 0 saturated carbocycles.